The lowest BCUT2D eigenvalue weighted by atomic mass is 10.3. The maximum atomic E-state index is 12.3. The van der Waals surface area contributed by atoms with E-state index in [4.69, 9.17) is 0 Å². The largest absolute Gasteiger partial charge is 0.367 e. The van der Waals surface area contributed by atoms with Crippen molar-refractivity contribution < 1.29 is 4.79 Å². The van der Waals surface area contributed by atoms with Crippen molar-refractivity contribution in [2.45, 2.75) is 18.9 Å². The third-order valence-corrected chi connectivity index (χ3v) is 5.13. The van der Waals surface area contributed by atoms with E-state index in [1.807, 2.05) is 32.6 Å². The summed E-state index contributed by atoms with van der Waals surface area (Å²) in [5.41, 5.74) is 1.12. The Labute approximate surface area is 140 Å². The van der Waals surface area contributed by atoms with Gasteiger partial charge in [-0.05, 0) is 24.3 Å². The number of aryl methyl sites for hydroxylation is 1. The van der Waals surface area contributed by atoms with Crippen LogP contribution < -0.4 is 10.2 Å². The lowest BCUT2D eigenvalue weighted by Gasteiger charge is -2.21. The molecule has 7 heteroatoms. The van der Waals surface area contributed by atoms with Crippen LogP contribution in [0.5, 0.6) is 0 Å². The van der Waals surface area contributed by atoms with E-state index in [1.54, 1.807) is 20.9 Å². The predicted molar refractivity (Wildman–Crippen MR) is 93.0 cm³/mol. The van der Waals surface area contributed by atoms with Gasteiger partial charge in [0, 0.05) is 50.8 Å². The highest BCUT2D eigenvalue weighted by atomic mass is 32.1. The average molecular weight is 333 g/mol. The number of aromatic nitrogens is 2. The number of thiophene rings is 1. The number of carbonyl (C=O) groups excluding carboxylic acids is 1. The fraction of sp³-hybridized carbons (Fsp3) is 0.500. The van der Waals surface area contributed by atoms with Crippen molar-refractivity contribution in [3.63, 3.8) is 0 Å². The second kappa shape index (κ2) is 7.04. The standard InChI is InChI=1S/C16H23N5OS/c1-19(7-6-15-4-3-9-23-15)16(22)18-13-5-8-21(11-13)14-10-17-20(2)12-14/h3-4,9-10,12-13H,5-8,11H2,1-2H3,(H,18,22)/t13-/m0/s1. The summed E-state index contributed by atoms with van der Waals surface area (Å²) >= 11 is 1.74. The SMILES string of the molecule is CN(CCc1cccs1)C(=O)N[C@H]1CCN(c2cnn(C)c2)C1. The number of nitrogens with zero attached hydrogens (tertiary/aromatic N) is 4. The molecule has 1 atom stereocenters. The Bertz CT molecular complexity index is 639. The first-order chi connectivity index (χ1) is 11.1. The number of amides is 2. The molecule has 23 heavy (non-hydrogen) atoms. The number of hydrogen-bond acceptors (Lipinski definition) is 4. The molecule has 1 aliphatic heterocycles. The highest BCUT2D eigenvalue weighted by Crippen LogP contribution is 2.19. The Hall–Kier alpha value is -2.02. The molecule has 1 N–H and O–H groups in total. The summed E-state index contributed by atoms with van der Waals surface area (Å²) in [5.74, 6) is 0. The van der Waals surface area contributed by atoms with Crippen LogP contribution in [0.2, 0.25) is 0 Å². The van der Waals surface area contributed by atoms with E-state index in [2.05, 4.69) is 26.8 Å². The van der Waals surface area contributed by atoms with Gasteiger partial charge in [0.05, 0.1) is 11.9 Å². The summed E-state index contributed by atoms with van der Waals surface area (Å²) in [6, 6.07) is 4.37. The van der Waals surface area contributed by atoms with Crippen molar-refractivity contribution in [2.24, 2.45) is 7.05 Å². The molecule has 0 unspecified atom stereocenters. The van der Waals surface area contributed by atoms with E-state index in [0.717, 1.165) is 38.2 Å². The molecular formula is C16H23N5OS. The first-order valence-electron chi connectivity index (χ1n) is 7.89. The second-order valence-electron chi connectivity index (χ2n) is 6.00. The lowest BCUT2D eigenvalue weighted by molar-refractivity contribution is 0.206. The first-order valence-corrected chi connectivity index (χ1v) is 8.77. The zero-order chi connectivity index (χ0) is 16.2. The van der Waals surface area contributed by atoms with E-state index in [0.29, 0.717) is 0 Å². The Kier molecular flexibility index (Phi) is 4.85. The number of urea groups is 1. The van der Waals surface area contributed by atoms with Crippen molar-refractivity contribution in [3.8, 4) is 0 Å². The quantitative estimate of drug-likeness (QED) is 0.910. The molecule has 124 valence electrons. The number of rotatable bonds is 5. The number of nitrogens with one attached hydrogen (secondary N) is 1. The Morgan fingerprint density at radius 3 is 3.13 bits per heavy atom. The molecular weight excluding hydrogens is 310 g/mol. The van der Waals surface area contributed by atoms with E-state index < -0.39 is 0 Å². The van der Waals surface area contributed by atoms with Gasteiger partial charge in [0.15, 0.2) is 0 Å². The molecule has 2 amide bonds. The number of likely N-dealkylation sites (N-methyl/N-ethyl adjacent to an activating group) is 1. The van der Waals surface area contributed by atoms with E-state index in [9.17, 15) is 4.79 Å². The smallest absolute Gasteiger partial charge is 0.317 e. The van der Waals surface area contributed by atoms with Gasteiger partial charge in [-0.1, -0.05) is 6.07 Å². The molecule has 0 aliphatic carbocycles. The summed E-state index contributed by atoms with van der Waals surface area (Å²) < 4.78 is 1.81. The molecule has 3 rings (SSSR count). The molecule has 2 aromatic rings. The Morgan fingerprint density at radius 1 is 1.57 bits per heavy atom. The van der Waals surface area contributed by atoms with E-state index in [-0.39, 0.29) is 12.1 Å². The van der Waals surface area contributed by atoms with Gasteiger partial charge in [0.2, 0.25) is 0 Å². The second-order valence-corrected chi connectivity index (χ2v) is 7.04. The fourth-order valence-electron chi connectivity index (χ4n) is 2.80. The summed E-state index contributed by atoms with van der Waals surface area (Å²) in [6.45, 7) is 2.54. The van der Waals surface area contributed by atoms with Crippen molar-refractivity contribution in [2.75, 3.05) is 31.6 Å². The molecule has 1 fully saturated rings. The van der Waals surface area contributed by atoms with Crippen LogP contribution in [0.15, 0.2) is 29.9 Å². The third kappa shape index (κ3) is 4.04. The van der Waals surface area contributed by atoms with Crippen molar-refractivity contribution in [3.05, 3.63) is 34.8 Å². The van der Waals surface area contributed by atoms with Gasteiger partial charge in [0.25, 0.3) is 0 Å². The minimum Gasteiger partial charge on any atom is -0.367 e. The topological polar surface area (TPSA) is 53.4 Å². The van der Waals surface area contributed by atoms with Crippen LogP contribution in [0.3, 0.4) is 0 Å². The monoisotopic (exact) mass is 333 g/mol. The average Bonchev–Trinajstić information content (AvgIpc) is 3.25. The zero-order valence-corrected chi connectivity index (χ0v) is 14.4. The van der Waals surface area contributed by atoms with Crippen LogP contribution in [0, 0.1) is 0 Å². The maximum absolute atomic E-state index is 12.3. The zero-order valence-electron chi connectivity index (χ0n) is 13.6. The van der Waals surface area contributed by atoms with Crippen LogP contribution in [0.25, 0.3) is 0 Å². The number of anilines is 1. The molecule has 3 heterocycles. The van der Waals surface area contributed by atoms with Gasteiger partial charge in [-0.2, -0.15) is 5.10 Å². The number of hydrogen-bond donors (Lipinski definition) is 1. The Balaban J connectivity index is 1.44. The highest BCUT2D eigenvalue weighted by Gasteiger charge is 2.25. The van der Waals surface area contributed by atoms with Gasteiger partial charge in [-0.15, -0.1) is 11.3 Å². The van der Waals surface area contributed by atoms with Crippen LogP contribution in [0.1, 0.15) is 11.3 Å². The summed E-state index contributed by atoms with van der Waals surface area (Å²) in [7, 11) is 3.78. The third-order valence-electron chi connectivity index (χ3n) is 4.19. The van der Waals surface area contributed by atoms with E-state index in [1.165, 1.54) is 4.88 Å². The number of carbonyl (C=O) groups is 1. The molecule has 0 bridgehead atoms. The van der Waals surface area contributed by atoms with Gasteiger partial charge in [0.1, 0.15) is 0 Å². The summed E-state index contributed by atoms with van der Waals surface area (Å²) in [4.78, 5) is 17.6. The minimum atomic E-state index is 0.0135. The Morgan fingerprint density at radius 2 is 2.43 bits per heavy atom. The molecule has 0 saturated carbocycles. The van der Waals surface area contributed by atoms with Crippen molar-refractivity contribution >= 4 is 23.1 Å². The van der Waals surface area contributed by atoms with Gasteiger partial charge in [-0.25, -0.2) is 4.79 Å². The molecule has 0 aromatic carbocycles. The summed E-state index contributed by atoms with van der Waals surface area (Å²) in [5, 5.41) is 9.41. The minimum absolute atomic E-state index is 0.0135. The fourth-order valence-corrected chi connectivity index (χ4v) is 3.50. The first kappa shape index (κ1) is 15.9. The van der Waals surface area contributed by atoms with Crippen LogP contribution >= 0.6 is 11.3 Å². The predicted octanol–water partition coefficient (Wildman–Crippen LogP) is 1.94. The lowest BCUT2D eigenvalue weighted by Crippen LogP contribution is -2.44. The summed E-state index contributed by atoms with van der Waals surface area (Å²) in [6.07, 6.45) is 5.77. The van der Waals surface area contributed by atoms with Crippen LogP contribution in [-0.2, 0) is 13.5 Å². The molecule has 1 aliphatic rings. The van der Waals surface area contributed by atoms with Crippen molar-refractivity contribution in [1.82, 2.24) is 20.0 Å². The molecule has 6 nitrogen and oxygen atoms in total. The van der Waals surface area contributed by atoms with Gasteiger partial charge in [-0.3, -0.25) is 4.68 Å². The van der Waals surface area contributed by atoms with E-state index >= 15 is 0 Å². The van der Waals surface area contributed by atoms with Gasteiger partial charge >= 0.3 is 6.03 Å². The van der Waals surface area contributed by atoms with Crippen LogP contribution in [-0.4, -0.2) is 53.4 Å². The molecule has 0 radical (unpaired) electrons. The molecule has 0 spiro atoms. The van der Waals surface area contributed by atoms with Gasteiger partial charge < -0.3 is 15.1 Å². The van der Waals surface area contributed by atoms with Crippen LogP contribution in [0.4, 0.5) is 10.5 Å². The highest BCUT2D eigenvalue weighted by molar-refractivity contribution is 7.09. The normalized spacial score (nSPS) is 17.5. The van der Waals surface area contributed by atoms with Crippen molar-refractivity contribution in [1.29, 1.82) is 0 Å². The molecule has 2 aromatic heterocycles. The maximum Gasteiger partial charge on any atom is 0.317 e. The molecule has 1 saturated heterocycles.